The van der Waals surface area contributed by atoms with Crippen LogP contribution < -0.4 is 0 Å². The van der Waals surface area contributed by atoms with Gasteiger partial charge in [0.25, 0.3) is 0 Å². The minimum absolute atomic E-state index is 0.0357. The van der Waals surface area contributed by atoms with Gasteiger partial charge in [-0.2, -0.15) is 0 Å². The van der Waals surface area contributed by atoms with Gasteiger partial charge in [-0.25, -0.2) is 0 Å². The molecule has 1 N–H and O–H groups in total. The Kier molecular flexibility index (Phi) is 4.86. The maximum atomic E-state index is 10.2. The van der Waals surface area contributed by atoms with Gasteiger partial charge in [0.2, 0.25) is 0 Å². The first-order chi connectivity index (χ1) is 13.9. The summed E-state index contributed by atoms with van der Waals surface area (Å²) in [6.07, 6.45) is 11.5. The SMILES string of the molecule is Cc1ccc(C#C[C@H]2CC[C@H]3[C@@H]4CC[C@H]5C[C@H](O)CC[C@]5(C)[C@H]4CC[C@]23C)cc1. The van der Waals surface area contributed by atoms with Crippen LogP contribution in [-0.2, 0) is 0 Å². The van der Waals surface area contributed by atoms with Gasteiger partial charge in [-0.15, -0.1) is 0 Å². The van der Waals surface area contributed by atoms with Gasteiger partial charge in [-0.3, -0.25) is 0 Å². The third-order valence-electron chi connectivity index (χ3n) is 10.1. The molecule has 1 aromatic carbocycles. The quantitative estimate of drug-likeness (QED) is 0.511. The van der Waals surface area contributed by atoms with Crippen molar-refractivity contribution in [1.29, 1.82) is 0 Å². The number of benzene rings is 1. The summed E-state index contributed by atoms with van der Waals surface area (Å²) in [6.45, 7) is 7.31. The van der Waals surface area contributed by atoms with Crippen molar-refractivity contribution in [3.8, 4) is 11.8 Å². The zero-order chi connectivity index (χ0) is 20.2. The lowest BCUT2D eigenvalue weighted by Gasteiger charge is -2.60. The molecule has 1 nitrogen and oxygen atoms in total. The van der Waals surface area contributed by atoms with Crippen molar-refractivity contribution in [3.63, 3.8) is 0 Å². The van der Waals surface area contributed by atoms with E-state index < -0.39 is 0 Å². The lowest BCUT2D eigenvalue weighted by atomic mass is 9.44. The average Bonchev–Trinajstić information content (AvgIpc) is 3.04. The fourth-order valence-corrected chi connectivity index (χ4v) is 8.28. The average molecular weight is 391 g/mol. The van der Waals surface area contributed by atoms with Crippen LogP contribution in [0.4, 0.5) is 0 Å². The van der Waals surface area contributed by atoms with E-state index in [1.165, 1.54) is 56.1 Å². The molecule has 5 rings (SSSR count). The topological polar surface area (TPSA) is 20.2 Å². The molecule has 0 radical (unpaired) electrons. The summed E-state index contributed by atoms with van der Waals surface area (Å²) in [5, 5.41) is 10.2. The van der Waals surface area contributed by atoms with E-state index in [2.05, 4.69) is 56.9 Å². The highest BCUT2D eigenvalue weighted by Gasteiger charge is 2.59. The van der Waals surface area contributed by atoms with Gasteiger partial charge in [0.1, 0.15) is 0 Å². The third kappa shape index (κ3) is 3.18. The second kappa shape index (κ2) is 7.16. The molecule has 0 bridgehead atoms. The predicted octanol–water partition coefficient (Wildman–Crippen LogP) is 6.37. The Hall–Kier alpha value is -1.26. The second-order valence-electron chi connectivity index (χ2n) is 11.4. The summed E-state index contributed by atoms with van der Waals surface area (Å²) in [4.78, 5) is 0. The van der Waals surface area contributed by atoms with E-state index in [1.54, 1.807) is 0 Å². The van der Waals surface area contributed by atoms with Crippen LogP contribution in [-0.4, -0.2) is 11.2 Å². The van der Waals surface area contributed by atoms with Crippen molar-refractivity contribution in [2.75, 3.05) is 0 Å². The zero-order valence-electron chi connectivity index (χ0n) is 18.6. The predicted molar refractivity (Wildman–Crippen MR) is 119 cm³/mol. The van der Waals surface area contributed by atoms with Gasteiger partial charge in [-0.05, 0) is 111 Å². The molecule has 0 unspecified atom stereocenters. The summed E-state index contributed by atoms with van der Waals surface area (Å²) >= 11 is 0. The number of hydrogen-bond donors (Lipinski definition) is 1. The number of aliphatic hydroxyl groups excluding tert-OH is 1. The Morgan fingerprint density at radius 2 is 1.59 bits per heavy atom. The summed E-state index contributed by atoms with van der Waals surface area (Å²) < 4.78 is 0. The van der Waals surface area contributed by atoms with E-state index >= 15 is 0 Å². The Morgan fingerprint density at radius 3 is 2.38 bits per heavy atom. The Labute approximate surface area is 177 Å². The molecule has 29 heavy (non-hydrogen) atoms. The fourth-order valence-electron chi connectivity index (χ4n) is 8.28. The van der Waals surface area contributed by atoms with Crippen molar-refractivity contribution in [2.24, 2.45) is 40.4 Å². The number of rotatable bonds is 0. The largest absolute Gasteiger partial charge is 0.393 e. The van der Waals surface area contributed by atoms with Crippen molar-refractivity contribution in [3.05, 3.63) is 35.4 Å². The maximum Gasteiger partial charge on any atom is 0.0543 e. The molecule has 4 saturated carbocycles. The first-order valence-corrected chi connectivity index (χ1v) is 12.2. The monoisotopic (exact) mass is 390 g/mol. The van der Waals surface area contributed by atoms with E-state index in [4.69, 9.17) is 0 Å². The van der Waals surface area contributed by atoms with Crippen LogP contribution in [0, 0.1) is 59.2 Å². The molecular formula is C28H38O. The first kappa shape index (κ1) is 19.7. The Morgan fingerprint density at radius 1 is 0.862 bits per heavy atom. The van der Waals surface area contributed by atoms with Gasteiger partial charge < -0.3 is 5.11 Å². The van der Waals surface area contributed by atoms with Crippen molar-refractivity contribution >= 4 is 0 Å². The highest BCUT2D eigenvalue weighted by Crippen LogP contribution is 2.67. The van der Waals surface area contributed by atoms with Gasteiger partial charge in [-0.1, -0.05) is 43.4 Å². The number of aliphatic hydroxyl groups is 1. The maximum absolute atomic E-state index is 10.2. The van der Waals surface area contributed by atoms with Gasteiger partial charge in [0.15, 0.2) is 0 Å². The summed E-state index contributed by atoms with van der Waals surface area (Å²) in [5.41, 5.74) is 3.37. The molecule has 0 saturated heterocycles. The van der Waals surface area contributed by atoms with E-state index in [0.29, 0.717) is 16.7 Å². The standard InChI is InChI=1S/C28H38O/c1-19-4-6-20(7-5-19)8-9-21-11-13-25-24-12-10-22-18-23(29)14-16-28(22,3)26(24)15-17-27(21,25)2/h4-7,21-26,29H,10-18H2,1-3H3/t21-,22-,23+,24-,25-,26-,27+,28-/m0/s1. The van der Waals surface area contributed by atoms with Crippen LogP contribution in [0.2, 0.25) is 0 Å². The van der Waals surface area contributed by atoms with Crippen molar-refractivity contribution in [1.82, 2.24) is 0 Å². The Bertz CT molecular complexity index is 813. The van der Waals surface area contributed by atoms with Crippen molar-refractivity contribution < 1.29 is 5.11 Å². The molecule has 0 spiro atoms. The molecule has 0 aromatic heterocycles. The molecule has 0 heterocycles. The summed E-state index contributed by atoms with van der Waals surface area (Å²) in [7, 11) is 0. The molecular weight excluding hydrogens is 352 g/mol. The molecule has 4 aliphatic rings. The normalized spacial score (nSPS) is 46.1. The first-order valence-electron chi connectivity index (χ1n) is 12.2. The summed E-state index contributed by atoms with van der Waals surface area (Å²) in [6, 6.07) is 8.70. The van der Waals surface area contributed by atoms with Crippen LogP contribution in [0.15, 0.2) is 24.3 Å². The van der Waals surface area contributed by atoms with Gasteiger partial charge >= 0.3 is 0 Å². The van der Waals surface area contributed by atoms with Crippen molar-refractivity contribution in [2.45, 2.75) is 84.7 Å². The second-order valence-corrected chi connectivity index (χ2v) is 11.4. The van der Waals surface area contributed by atoms with Crippen LogP contribution in [0.5, 0.6) is 0 Å². The number of fused-ring (bicyclic) bond motifs is 5. The van der Waals surface area contributed by atoms with E-state index in [0.717, 1.165) is 36.5 Å². The third-order valence-corrected chi connectivity index (χ3v) is 10.1. The van der Waals surface area contributed by atoms with E-state index in [9.17, 15) is 5.11 Å². The molecule has 1 aromatic rings. The fraction of sp³-hybridized carbons (Fsp3) is 0.714. The lowest BCUT2D eigenvalue weighted by molar-refractivity contribution is -0.124. The molecule has 0 amide bonds. The van der Waals surface area contributed by atoms with Crippen LogP contribution in [0.25, 0.3) is 0 Å². The minimum atomic E-state index is -0.0357. The van der Waals surface area contributed by atoms with Gasteiger partial charge in [0, 0.05) is 11.5 Å². The van der Waals surface area contributed by atoms with Gasteiger partial charge in [0.05, 0.1) is 6.10 Å². The van der Waals surface area contributed by atoms with Crippen LogP contribution in [0.1, 0.15) is 82.8 Å². The molecule has 8 atom stereocenters. The number of hydrogen-bond acceptors (Lipinski definition) is 1. The summed E-state index contributed by atoms with van der Waals surface area (Å²) in [5.74, 6) is 11.2. The molecule has 156 valence electrons. The molecule has 4 fully saturated rings. The number of aryl methyl sites for hydroxylation is 1. The van der Waals surface area contributed by atoms with E-state index in [1.807, 2.05) is 0 Å². The van der Waals surface area contributed by atoms with Crippen LogP contribution in [0.3, 0.4) is 0 Å². The van der Waals surface area contributed by atoms with Crippen LogP contribution >= 0.6 is 0 Å². The minimum Gasteiger partial charge on any atom is -0.393 e. The highest BCUT2D eigenvalue weighted by atomic mass is 16.3. The Balaban J connectivity index is 1.37. The highest BCUT2D eigenvalue weighted by molar-refractivity contribution is 5.37. The lowest BCUT2D eigenvalue weighted by Crippen LogP contribution is -2.53. The smallest absolute Gasteiger partial charge is 0.0543 e. The molecule has 4 aliphatic carbocycles. The molecule has 1 heteroatoms. The molecule has 0 aliphatic heterocycles. The zero-order valence-corrected chi connectivity index (χ0v) is 18.6. The van der Waals surface area contributed by atoms with E-state index in [-0.39, 0.29) is 6.10 Å².